The number of carbonyl (C=O) groups excluding carboxylic acids is 10. The molecule has 2 aromatic rings. The van der Waals surface area contributed by atoms with Crippen molar-refractivity contribution in [1.82, 2.24) is 26.6 Å². The molecule has 0 aliphatic heterocycles. The van der Waals surface area contributed by atoms with E-state index in [1.54, 1.807) is 126 Å². The Labute approximate surface area is 673 Å². The monoisotopic (exact) mass is 1630 g/mol. The summed E-state index contributed by atoms with van der Waals surface area (Å²) in [6.45, 7) is 39.3. The summed E-state index contributed by atoms with van der Waals surface area (Å²) in [5.74, 6) is -5.07. The molecule has 31 heteroatoms. The van der Waals surface area contributed by atoms with Gasteiger partial charge in [0.25, 0.3) is 6.29 Å². The summed E-state index contributed by atoms with van der Waals surface area (Å²) in [5, 5.41) is 31.9. The lowest BCUT2D eigenvalue weighted by Gasteiger charge is -2.36. The summed E-state index contributed by atoms with van der Waals surface area (Å²) >= 11 is 5.85. The molecule has 0 radical (unpaired) electrons. The third kappa shape index (κ3) is 48.2. The van der Waals surface area contributed by atoms with Crippen molar-refractivity contribution >= 4 is 83.9 Å². The van der Waals surface area contributed by atoms with Crippen LogP contribution in [0.25, 0.3) is 0 Å². The minimum absolute atomic E-state index is 0.0513. The Morgan fingerprint density at radius 1 is 0.451 bits per heavy atom. The fraction of sp³-hybridized carbons (Fsp3) is 0.707. The van der Waals surface area contributed by atoms with Crippen LogP contribution in [-0.2, 0) is 80.9 Å². The summed E-state index contributed by atoms with van der Waals surface area (Å²) < 4.78 is 63.1. The molecule has 29 nitrogen and oxygen atoms in total. The summed E-state index contributed by atoms with van der Waals surface area (Å²) in [7, 11) is 0. The van der Waals surface area contributed by atoms with E-state index in [4.69, 9.17) is 69.2 Å². The summed E-state index contributed by atoms with van der Waals surface area (Å²) in [5.41, 5.74) is 1.87. The molecule has 0 heterocycles. The third-order valence-corrected chi connectivity index (χ3v) is 18.3. The molecule has 0 spiro atoms. The minimum atomic E-state index is -1.02. The van der Waals surface area contributed by atoms with Crippen molar-refractivity contribution in [3.8, 4) is 0 Å². The summed E-state index contributed by atoms with van der Waals surface area (Å²) in [4.78, 5) is 138. The molecule has 2 aromatic carbocycles. The number of amides is 5. The van der Waals surface area contributed by atoms with Crippen molar-refractivity contribution in [1.29, 1.82) is 0 Å². The molecule has 644 valence electrons. The number of benzene rings is 2. The van der Waals surface area contributed by atoms with E-state index in [0.717, 1.165) is 62.5 Å². The van der Waals surface area contributed by atoms with E-state index in [2.05, 4.69) is 54.3 Å². The van der Waals surface area contributed by atoms with E-state index in [1.807, 2.05) is 6.92 Å². The van der Waals surface area contributed by atoms with Crippen molar-refractivity contribution in [3.63, 3.8) is 0 Å². The molecule has 2 aliphatic rings. The second-order valence-electron chi connectivity index (χ2n) is 30.6. The first-order chi connectivity index (χ1) is 52.9. The van der Waals surface area contributed by atoms with Gasteiger partial charge >= 0.3 is 72.3 Å². The number of rotatable bonds is 36. The quantitative estimate of drug-likeness (QED) is 0.0189. The second-order valence-corrected chi connectivity index (χ2v) is 31.1. The van der Waals surface area contributed by atoms with Gasteiger partial charge in [0.05, 0.1) is 41.9 Å². The third-order valence-electron chi connectivity index (χ3n) is 18.1. The lowest BCUT2D eigenvalue weighted by molar-refractivity contribution is -0.179. The van der Waals surface area contributed by atoms with Gasteiger partial charge in [-0.2, -0.15) is 0 Å². The maximum atomic E-state index is 12.9. The molecule has 2 unspecified atom stereocenters. The van der Waals surface area contributed by atoms with Crippen LogP contribution in [0.3, 0.4) is 0 Å². The van der Waals surface area contributed by atoms with Crippen molar-refractivity contribution in [2.45, 2.75) is 279 Å². The largest absolute Gasteiger partial charge is 0.481 e. The Balaban J connectivity index is 0.00000139. The van der Waals surface area contributed by atoms with Gasteiger partial charge in [-0.3, -0.25) is 33.6 Å². The molecule has 7 N–H and O–H groups in total. The van der Waals surface area contributed by atoms with E-state index < -0.39 is 97.7 Å². The van der Waals surface area contributed by atoms with Crippen LogP contribution in [0.5, 0.6) is 0 Å². The number of esters is 5. The van der Waals surface area contributed by atoms with Crippen LogP contribution in [0.2, 0.25) is 5.02 Å². The number of ether oxygens (including phenoxy) is 10. The predicted octanol–water partition coefficient (Wildman–Crippen LogP) is 16.5. The molecule has 8 atom stereocenters. The highest BCUT2D eigenvalue weighted by Gasteiger charge is 2.33. The Hall–Kier alpha value is -8.70. The van der Waals surface area contributed by atoms with Gasteiger partial charge in [0.1, 0.15) is 5.82 Å². The van der Waals surface area contributed by atoms with E-state index in [0.29, 0.717) is 55.9 Å². The molecule has 5 amide bonds. The fourth-order valence-electron chi connectivity index (χ4n) is 11.0. The number of alkyl carbamates (subject to hydrolysis) is 5. The number of carbonyl (C=O) groups is 12. The van der Waals surface area contributed by atoms with E-state index in [-0.39, 0.29) is 89.4 Å². The van der Waals surface area contributed by atoms with Gasteiger partial charge in [0, 0.05) is 83.2 Å². The normalized spacial score (nSPS) is 16.3. The zero-order chi connectivity index (χ0) is 86.3. The van der Waals surface area contributed by atoms with Gasteiger partial charge in [-0.05, 0) is 116 Å². The molecule has 2 fully saturated rings. The molecule has 0 saturated heterocycles. The SMILES string of the molecule is CC(C)C(=O)O[C@@H](OC(=O)NC[C@H](CC(=O)O)c1ccc(Cl)cc1)C(C)C.CC(OC(=O)NCC1CCC(C(=O)O)CC1)OC(=O)C(C)C.CCC1(CNC(=O)OC(C)OC(=O)C(C)C)CCCCC1.CC[C@@H](CNC(=O)O[C@H](C)OC(=O)C(C)C)CC(C)C.CC[C@@H](CNC(=O)O[C@H](C)OC(=O)C(C)C)c1ccc(F)cc1. The Morgan fingerprint density at radius 2 is 0.823 bits per heavy atom. The van der Waals surface area contributed by atoms with Crippen molar-refractivity contribution in [2.24, 2.45) is 64.6 Å². The molecule has 113 heavy (non-hydrogen) atoms. The molecule has 0 aromatic heterocycles. The number of hydrogen-bond acceptors (Lipinski definition) is 22. The van der Waals surface area contributed by atoms with Crippen molar-refractivity contribution in [3.05, 3.63) is 70.5 Å². The molecular weight excluding hydrogens is 1490 g/mol. The average Bonchev–Trinajstić information content (AvgIpc) is 0.858. The summed E-state index contributed by atoms with van der Waals surface area (Å²) in [6.07, 6.45) is 4.86. The number of hydrogen-bond donors (Lipinski definition) is 7. The number of halogens is 2. The smallest absolute Gasteiger partial charge is 0.410 e. The second kappa shape index (κ2) is 56.5. The topological polar surface area (TPSA) is 398 Å². The van der Waals surface area contributed by atoms with Crippen LogP contribution < -0.4 is 26.6 Å². The van der Waals surface area contributed by atoms with Crippen molar-refractivity contribution < 1.29 is 120 Å². The predicted molar refractivity (Wildman–Crippen MR) is 422 cm³/mol. The van der Waals surface area contributed by atoms with E-state index >= 15 is 0 Å². The zero-order valence-electron chi connectivity index (χ0n) is 70.5. The van der Waals surface area contributed by atoms with Crippen LogP contribution in [0.15, 0.2) is 48.5 Å². The van der Waals surface area contributed by atoms with Gasteiger partial charge in [-0.1, -0.05) is 179 Å². The molecule has 4 rings (SSSR count). The average molecular weight is 1630 g/mol. The number of carboxylic acids is 2. The maximum Gasteiger partial charge on any atom is 0.410 e. The van der Waals surface area contributed by atoms with Crippen LogP contribution in [0, 0.1) is 70.4 Å². The lowest BCUT2D eigenvalue weighted by Crippen LogP contribution is -2.40. The van der Waals surface area contributed by atoms with Gasteiger partial charge in [0.15, 0.2) is 0 Å². The van der Waals surface area contributed by atoms with E-state index in [9.17, 15) is 61.9 Å². The molecule has 0 bridgehead atoms. The Morgan fingerprint density at radius 3 is 1.19 bits per heavy atom. The van der Waals surface area contributed by atoms with Crippen LogP contribution in [-0.4, -0.2) is 147 Å². The van der Waals surface area contributed by atoms with Crippen LogP contribution in [0.1, 0.15) is 258 Å². The van der Waals surface area contributed by atoms with Crippen molar-refractivity contribution in [2.75, 3.05) is 32.7 Å². The fourth-order valence-corrected chi connectivity index (χ4v) is 11.1. The molecule has 2 aliphatic carbocycles. The first kappa shape index (κ1) is 104. The zero-order valence-corrected chi connectivity index (χ0v) is 71.3. The van der Waals surface area contributed by atoms with Gasteiger partial charge in [0.2, 0.25) is 25.2 Å². The number of aliphatic carboxylic acids is 2. The maximum absolute atomic E-state index is 12.9. The standard InChI is InChI=1S/C19H26ClNO6.C17H24FNO4.C16H29NO4.C15H25NO6.C15H29NO4/c1-11(2)17(24)26-18(12(3)4)27-19(25)21-10-14(9-16(22)23)13-5-7-15(20)8-6-13;1-5-13(14-6-8-15(18)9-7-14)10-19-17(21)23-12(4)22-16(20)11(2)3;1-5-16(9-7-6-8-10-16)11-17-15(19)21-13(4)20-14(18)12(2)3;1-9(2)14(19)21-10(3)22-15(20)16-8-11-4-6-12(7-5-11)13(17)18;1-7-13(8-10(2)3)9-16-15(18)20-12(6)19-14(17)11(4)5/h5-8,11-12,14,18H,9-10H2,1-4H3,(H,21,25)(H,22,23);6-9,11-13H,5,10H2,1-4H3,(H,19,21);12-13H,5-11H2,1-4H3,(H,17,19);9-12H,4-8H2,1-3H3,(H,16,20)(H,17,18);10-13H,7-9H2,1-6H3,(H,16,18)/t14-,18-;12-,13+;;;12-,13-/m01..1/s1. The first-order valence-electron chi connectivity index (χ1n) is 39.6. The van der Waals surface area contributed by atoms with Crippen LogP contribution >= 0.6 is 11.6 Å². The molecule has 2 saturated carbocycles. The highest BCUT2D eigenvalue weighted by atomic mass is 35.5. The molecular formula is C82H133ClFN5O24. The first-order valence-corrected chi connectivity index (χ1v) is 39.9. The highest BCUT2D eigenvalue weighted by Crippen LogP contribution is 2.38. The van der Waals surface area contributed by atoms with Gasteiger partial charge in [-0.25, -0.2) is 28.4 Å². The van der Waals surface area contributed by atoms with Gasteiger partial charge < -0.3 is 84.2 Å². The number of nitrogens with one attached hydrogen (secondary N) is 5. The number of carboxylic acid groups (broad SMARTS) is 2. The Kier molecular flexibility index (Phi) is 52.2. The lowest BCUT2D eigenvalue weighted by atomic mass is 9.72. The van der Waals surface area contributed by atoms with Crippen LogP contribution in [0.4, 0.5) is 28.4 Å². The van der Waals surface area contributed by atoms with Gasteiger partial charge in [-0.15, -0.1) is 0 Å². The summed E-state index contributed by atoms with van der Waals surface area (Å²) in [6, 6.07) is 12.9. The van der Waals surface area contributed by atoms with E-state index in [1.165, 1.54) is 52.2 Å². The minimum Gasteiger partial charge on any atom is -0.481 e. The Bertz CT molecular complexity index is 3160. The highest BCUT2D eigenvalue weighted by molar-refractivity contribution is 6.30.